The van der Waals surface area contributed by atoms with Gasteiger partial charge in [0.25, 0.3) is 0 Å². The fraction of sp³-hybridized carbons (Fsp3) is 0.286. The number of hydrogen-bond acceptors (Lipinski definition) is 4. The van der Waals surface area contributed by atoms with Crippen molar-refractivity contribution in [3.05, 3.63) is 71.8 Å². The van der Waals surface area contributed by atoms with Crippen LogP contribution in [0.1, 0.15) is 24.0 Å². The first kappa shape index (κ1) is 19.1. The zero-order valence-electron chi connectivity index (χ0n) is 15.6. The molecule has 5 nitrogen and oxygen atoms in total. The molecule has 2 heterocycles. The molecule has 2 aromatic carbocycles. The molecule has 0 radical (unpaired) electrons. The average Bonchev–Trinajstić information content (AvgIpc) is 2.86. The summed E-state index contributed by atoms with van der Waals surface area (Å²) in [4.78, 5) is 17.5. The molecule has 1 N–H and O–H groups in total. The smallest absolute Gasteiger partial charge is 0.248 e. The highest BCUT2D eigenvalue weighted by Crippen LogP contribution is 2.27. The van der Waals surface area contributed by atoms with Crippen molar-refractivity contribution in [3.8, 4) is 0 Å². The highest BCUT2D eigenvalue weighted by atomic mass is 32.2. The van der Waals surface area contributed by atoms with Crippen molar-refractivity contribution in [3.63, 3.8) is 0 Å². The average molecular weight is 412 g/mol. The summed E-state index contributed by atoms with van der Waals surface area (Å²) < 4.78 is 0.770. The van der Waals surface area contributed by atoms with E-state index in [1.165, 1.54) is 27.8 Å². The van der Waals surface area contributed by atoms with Gasteiger partial charge in [0.05, 0.1) is 0 Å². The van der Waals surface area contributed by atoms with Gasteiger partial charge in [-0.25, -0.2) is 5.01 Å². The Morgan fingerprint density at radius 1 is 1.00 bits per heavy atom. The molecule has 0 saturated carbocycles. The number of amidine groups is 1. The van der Waals surface area contributed by atoms with Crippen LogP contribution in [-0.4, -0.2) is 38.6 Å². The zero-order valence-corrected chi connectivity index (χ0v) is 17.2. The van der Waals surface area contributed by atoms with Crippen LogP contribution in [-0.2, 0) is 17.9 Å². The number of aliphatic imine (C=N–C) groups is 1. The molecule has 1 amide bonds. The molecule has 0 atom stereocenters. The van der Waals surface area contributed by atoms with E-state index >= 15 is 0 Å². The molecular formula is C21H23N4OS2+. The van der Waals surface area contributed by atoms with Gasteiger partial charge in [-0.05, 0) is 18.2 Å². The van der Waals surface area contributed by atoms with E-state index in [-0.39, 0.29) is 5.91 Å². The van der Waals surface area contributed by atoms with Crippen molar-refractivity contribution in [1.29, 1.82) is 0 Å². The third-order valence-electron chi connectivity index (χ3n) is 4.85. The molecule has 0 aromatic heterocycles. The number of thioether (sulfide) groups is 1. The number of hydrazine groups is 1. The molecule has 1 saturated heterocycles. The number of carbonyl (C=O) groups excluding carboxylic acids is 1. The lowest BCUT2D eigenvalue weighted by atomic mass is 10.2. The third-order valence-corrected chi connectivity index (χ3v) is 6.18. The minimum Gasteiger partial charge on any atom is -0.309 e. The highest BCUT2D eigenvalue weighted by molar-refractivity contribution is 8.33. The fourth-order valence-corrected chi connectivity index (χ4v) is 4.78. The van der Waals surface area contributed by atoms with Crippen molar-refractivity contribution < 1.29 is 9.69 Å². The van der Waals surface area contributed by atoms with Crippen LogP contribution in [0.4, 0.5) is 0 Å². The first-order valence-corrected chi connectivity index (χ1v) is 10.7. The van der Waals surface area contributed by atoms with Crippen molar-refractivity contribution in [2.24, 2.45) is 4.99 Å². The normalized spacial score (nSPS) is 17.0. The summed E-state index contributed by atoms with van der Waals surface area (Å²) in [5, 5.41) is 4.94. The number of nitrogens with zero attached hydrogens (tertiary/aromatic N) is 3. The topological polar surface area (TPSA) is 40.4 Å². The Balaban J connectivity index is 1.55. The van der Waals surface area contributed by atoms with Gasteiger partial charge in [-0.2, -0.15) is 4.99 Å². The monoisotopic (exact) mass is 411 g/mol. The van der Waals surface area contributed by atoms with E-state index in [4.69, 9.17) is 12.2 Å². The Hall–Kier alpha value is -2.22. The highest BCUT2D eigenvalue weighted by Gasteiger charge is 2.36. The van der Waals surface area contributed by atoms with Crippen molar-refractivity contribution in [2.75, 3.05) is 13.2 Å². The second-order valence-electron chi connectivity index (χ2n) is 7.02. The van der Waals surface area contributed by atoms with Gasteiger partial charge in [0.2, 0.25) is 5.91 Å². The summed E-state index contributed by atoms with van der Waals surface area (Å²) in [5.74, 6) is -0.0487. The fourth-order valence-electron chi connectivity index (χ4n) is 3.53. The summed E-state index contributed by atoms with van der Waals surface area (Å²) in [7, 11) is 0. The zero-order chi connectivity index (χ0) is 19.3. The van der Waals surface area contributed by atoms with Gasteiger partial charge < -0.3 is 4.90 Å². The molecule has 144 valence electrons. The molecule has 0 spiro atoms. The van der Waals surface area contributed by atoms with E-state index in [0.717, 1.165) is 42.2 Å². The Kier molecular flexibility index (Phi) is 6.04. The molecule has 28 heavy (non-hydrogen) atoms. The van der Waals surface area contributed by atoms with Gasteiger partial charge >= 0.3 is 0 Å². The standard InChI is InChI=1S/C21H22N4OS2/c26-19-12-7-13-24-20(22-19)28-21(27)25(24)16-23(14-17-8-3-1-4-9-17)15-18-10-5-2-6-11-18/h1-6,8-11H,7,12-16H2/p+1. The molecule has 4 rings (SSSR count). The third kappa shape index (κ3) is 4.60. The largest absolute Gasteiger partial charge is 0.309 e. The molecule has 2 aliphatic rings. The van der Waals surface area contributed by atoms with Crippen LogP contribution in [0.5, 0.6) is 0 Å². The molecule has 7 heteroatoms. The maximum Gasteiger partial charge on any atom is 0.248 e. The van der Waals surface area contributed by atoms with Crippen molar-refractivity contribution in [2.45, 2.75) is 25.9 Å². The quantitative estimate of drug-likeness (QED) is 0.740. The Morgan fingerprint density at radius 2 is 1.61 bits per heavy atom. The van der Waals surface area contributed by atoms with Gasteiger partial charge in [0.1, 0.15) is 13.1 Å². The second-order valence-corrected chi connectivity index (χ2v) is 8.62. The Morgan fingerprint density at radius 3 is 2.21 bits per heavy atom. The van der Waals surface area contributed by atoms with E-state index in [1.807, 2.05) is 12.1 Å². The number of nitrogens with one attached hydrogen (secondary N) is 1. The number of amides is 1. The maximum absolute atomic E-state index is 11.8. The summed E-state index contributed by atoms with van der Waals surface area (Å²) in [6.45, 7) is 3.32. The Bertz CT molecular complexity index is 831. The lowest BCUT2D eigenvalue weighted by Gasteiger charge is -2.32. The minimum absolute atomic E-state index is 0.0487. The van der Waals surface area contributed by atoms with E-state index in [9.17, 15) is 4.79 Å². The van der Waals surface area contributed by atoms with Crippen LogP contribution in [0.25, 0.3) is 0 Å². The van der Waals surface area contributed by atoms with E-state index in [2.05, 4.69) is 63.5 Å². The van der Waals surface area contributed by atoms with Crippen LogP contribution in [0.3, 0.4) is 0 Å². The maximum atomic E-state index is 11.8. The molecule has 0 bridgehead atoms. The number of rotatable bonds is 6. The summed E-state index contributed by atoms with van der Waals surface area (Å²) in [5.41, 5.74) is 2.59. The molecule has 2 aromatic rings. The number of benzene rings is 2. The van der Waals surface area contributed by atoms with E-state index in [0.29, 0.717) is 6.42 Å². The SMILES string of the molecule is O=C1CCCN2C(=N1)SC(=S)N2C[NH+](Cc1ccccc1)Cc1ccccc1. The van der Waals surface area contributed by atoms with Crippen LogP contribution in [0.15, 0.2) is 65.7 Å². The summed E-state index contributed by atoms with van der Waals surface area (Å²) in [6, 6.07) is 21.1. The molecular weight excluding hydrogens is 388 g/mol. The molecule has 0 aliphatic carbocycles. The van der Waals surface area contributed by atoms with Gasteiger partial charge in [0.15, 0.2) is 16.2 Å². The van der Waals surface area contributed by atoms with Crippen molar-refractivity contribution >= 4 is 39.4 Å². The van der Waals surface area contributed by atoms with Crippen LogP contribution < -0.4 is 4.90 Å². The second kappa shape index (κ2) is 8.86. The van der Waals surface area contributed by atoms with E-state index in [1.54, 1.807) is 0 Å². The lowest BCUT2D eigenvalue weighted by molar-refractivity contribution is -0.937. The number of fused-ring (bicyclic) bond motifs is 1. The van der Waals surface area contributed by atoms with Crippen LogP contribution >= 0.6 is 24.0 Å². The van der Waals surface area contributed by atoms with Gasteiger partial charge in [-0.1, -0.05) is 72.9 Å². The number of hydrogen-bond donors (Lipinski definition) is 1. The van der Waals surface area contributed by atoms with Crippen LogP contribution in [0.2, 0.25) is 0 Å². The first-order valence-electron chi connectivity index (χ1n) is 9.49. The van der Waals surface area contributed by atoms with Gasteiger partial charge in [0, 0.05) is 24.1 Å². The lowest BCUT2D eigenvalue weighted by Crippen LogP contribution is -3.11. The predicted octanol–water partition coefficient (Wildman–Crippen LogP) is 2.46. The van der Waals surface area contributed by atoms with Gasteiger partial charge in [-0.3, -0.25) is 9.80 Å². The van der Waals surface area contributed by atoms with Gasteiger partial charge in [-0.15, -0.1) is 0 Å². The first-order chi connectivity index (χ1) is 13.7. The predicted molar refractivity (Wildman–Crippen MR) is 117 cm³/mol. The molecule has 1 fully saturated rings. The van der Waals surface area contributed by atoms with Crippen molar-refractivity contribution in [1.82, 2.24) is 10.0 Å². The number of quaternary nitrogens is 1. The number of carbonyl (C=O) groups is 1. The molecule has 2 aliphatic heterocycles. The molecule has 0 unspecified atom stereocenters. The Labute approximate surface area is 175 Å². The summed E-state index contributed by atoms with van der Waals surface area (Å²) in [6.07, 6.45) is 1.31. The summed E-state index contributed by atoms with van der Waals surface area (Å²) >= 11 is 7.06. The van der Waals surface area contributed by atoms with E-state index < -0.39 is 0 Å². The minimum atomic E-state index is -0.0487. The number of thiocarbonyl (C=S) groups is 1. The van der Waals surface area contributed by atoms with Crippen LogP contribution in [0, 0.1) is 0 Å².